The maximum Gasteiger partial charge on any atom is 0.363 e. The van der Waals surface area contributed by atoms with Gasteiger partial charge in [0.2, 0.25) is 5.90 Å². The Morgan fingerprint density at radius 1 is 0.839 bits per heavy atom. The first kappa shape index (κ1) is 18.3. The van der Waals surface area contributed by atoms with Crippen LogP contribution < -0.4 is 0 Å². The molecule has 5 heteroatoms. The van der Waals surface area contributed by atoms with Crippen molar-refractivity contribution < 1.29 is 9.53 Å². The van der Waals surface area contributed by atoms with E-state index in [1.165, 1.54) is 11.3 Å². The Morgan fingerprint density at radius 2 is 1.45 bits per heavy atom. The van der Waals surface area contributed by atoms with Gasteiger partial charge < -0.3 is 4.74 Å². The molecule has 0 unspecified atom stereocenters. The Kier molecular flexibility index (Phi) is 4.16. The van der Waals surface area contributed by atoms with Crippen molar-refractivity contribution in [3.63, 3.8) is 0 Å². The second kappa shape index (κ2) is 7.05. The number of hydrogen-bond donors (Lipinski definition) is 0. The van der Waals surface area contributed by atoms with Crippen LogP contribution >= 0.6 is 22.9 Å². The molecule has 31 heavy (non-hydrogen) atoms. The average molecular weight is 440 g/mol. The Balaban J connectivity index is 1.55. The summed E-state index contributed by atoms with van der Waals surface area (Å²) in [6.07, 6.45) is 1.82. The number of esters is 1. The fourth-order valence-electron chi connectivity index (χ4n) is 4.00. The molecule has 0 amide bonds. The highest BCUT2D eigenvalue weighted by Gasteiger charge is 2.28. The molecule has 3 nitrogen and oxygen atoms in total. The van der Waals surface area contributed by atoms with Crippen molar-refractivity contribution in [2.75, 3.05) is 0 Å². The van der Waals surface area contributed by atoms with E-state index in [0.717, 1.165) is 37.2 Å². The van der Waals surface area contributed by atoms with Crippen LogP contribution in [-0.4, -0.2) is 11.9 Å². The fourth-order valence-corrected chi connectivity index (χ4v) is 5.44. The Labute approximate surface area is 186 Å². The summed E-state index contributed by atoms with van der Waals surface area (Å²) in [5, 5.41) is 5.83. The first-order chi connectivity index (χ1) is 15.2. The van der Waals surface area contributed by atoms with Crippen molar-refractivity contribution in [3.8, 4) is 0 Å². The highest BCUT2D eigenvalue weighted by Crippen LogP contribution is 2.38. The molecule has 148 valence electrons. The van der Waals surface area contributed by atoms with Gasteiger partial charge in [-0.15, -0.1) is 11.3 Å². The van der Waals surface area contributed by atoms with Crippen LogP contribution in [0.2, 0.25) is 5.02 Å². The van der Waals surface area contributed by atoms with E-state index in [-0.39, 0.29) is 11.6 Å². The summed E-state index contributed by atoms with van der Waals surface area (Å²) < 4.78 is 6.56. The van der Waals surface area contributed by atoms with E-state index in [9.17, 15) is 4.79 Å². The van der Waals surface area contributed by atoms with Gasteiger partial charge in [0.15, 0.2) is 5.70 Å². The van der Waals surface area contributed by atoms with Crippen molar-refractivity contribution in [2.45, 2.75) is 0 Å². The van der Waals surface area contributed by atoms with Crippen LogP contribution in [-0.2, 0) is 9.53 Å². The smallest absolute Gasteiger partial charge is 0.363 e. The van der Waals surface area contributed by atoms with Crippen LogP contribution in [0.4, 0.5) is 0 Å². The van der Waals surface area contributed by atoms with Gasteiger partial charge in [-0.25, -0.2) is 9.79 Å². The molecular formula is C26H14ClNO2S. The van der Waals surface area contributed by atoms with Gasteiger partial charge in [0.05, 0.1) is 5.02 Å². The molecule has 0 saturated heterocycles. The number of thiophene rings is 1. The molecule has 2 heterocycles. The number of ether oxygens (including phenoxy) is 1. The van der Waals surface area contributed by atoms with E-state index in [2.05, 4.69) is 35.3 Å². The zero-order chi connectivity index (χ0) is 20.9. The molecule has 0 aliphatic carbocycles. The van der Waals surface area contributed by atoms with Crippen LogP contribution in [0.5, 0.6) is 0 Å². The molecule has 0 radical (unpaired) electrons. The number of benzene rings is 4. The molecule has 0 spiro atoms. The van der Waals surface area contributed by atoms with Gasteiger partial charge in [-0.05, 0) is 45.3 Å². The first-order valence-electron chi connectivity index (χ1n) is 9.79. The fraction of sp³-hybridized carbons (Fsp3) is 0. The molecule has 0 fully saturated rings. The van der Waals surface area contributed by atoms with Crippen LogP contribution in [0, 0.1) is 0 Å². The number of rotatable bonds is 2. The van der Waals surface area contributed by atoms with Crippen molar-refractivity contribution in [2.24, 2.45) is 4.99 Å². The third-order valence-electron chi connectivity index (χ3n) is 5.44. The van der Waals surface area contributed by atoms with E-state index < -0.39 is 5.97 Å². The van der Waals surface area contributed by atoms with Crippen molar-refractivity contribution in [3.05, 3.63) is 100 Å². The molecule has 5 aromatic rings. The molecule has 0 atom stereocenters. The Morgan fingerprint density at radius 3 is 2.13 bits per heavy atom. The molecule has 1 aliphatic rings. The summed E-state index contributed by atoms with van der Waals surface area (Å²) in [7, 11) is 0. The predicted molar refractivity (Wildman–Crippen MR) is 129 cm³/mol. The lowest BCUT2D eigenvalue weighted by molar-refractivity contribution is -0.129. The summed E-state index contributed by atoms with van der Waals surface area (Å²) in [6.45, 7) is 0. The van der Waals surface area contributed by atoms with Crippen molar-refractivity contribution in [1.82, 2.24) is 0 Å². The summed E-state index contributed by atoms with van der Waals surface area (Å²) in [5.74, 6) is -0.215. The van der Waals surface area contributed by atoms with E-state index in [4.69, 9.17) is 16.3 Å². The van der Waals surface area contributed by atoms with Crippen molar-refractivity contribution in [1.29, 1.82) is 0 Å². The van der Waals surface area contributed by atoms with Gasteiger partial charge in [0.25, 0.3) is 0 Å². The number of aliphatic imine (C=N–C) groups is 1. The minimum absolute atomic E-state index is 0.256. The zero-order valence-electron chi connectivity index (χ0n) is 16.1. The number of carbonyl (C=O) groups is 1. The molecule has 0 bridgehead atoms. The number of fused-ring (bicyclic) bond motifs is 3. The summed E-state index contributed by atoms with van der Waals surface area (Å²) >= 11 is 8.04. The summed E-state index contributed by atoms with van der Waals surface area (Å²) in [6, 6.07) is 26.3. The van der Waals surface area contributed by atoms with E-state index >= 15 is 0 Å². The lowest BCUT2D eigenvalue weighted by Gasteiger charge is -2.08. The average Bonchev–Trinajstić information content (AvgIpc) is 3.33. The number of cyclic esters (lactones) is 1. The molecule has 1 aromatic heterocycles. The van der Waals surface area contributed by atoms with E-state index in [1.807, 2.05) is 54.6 Å². The van der Waals surface area contributed by atoms with Gasteiger partial charge in [0.1, 0.15) is 4.88 Å². The van der Waals surface area contributed by atoms with Crippen molar-refractivity contribution >= 4 is 72.5 Å². The number of nitrogens with zero attached hydrogens (tertiary/aromatic N) is 1. The quantitative estimate of drug-likeness (QED) is 0.165. The first-order valence-corrected chi connectivity index (χ1v) is 11.0. The predicted octanol–water partition coefficient (Wildman–Crippen LogP) is 7.21. The highest BCUT2D eigenvalue weighted by molar-refractivity contribution is 7.21. The molecule has 1 aliphatic heterocycles. The van der Waals surface area contributed by atoms with Gasteiger partial charge in [0, 0.05) is 10.1 Å². The minimum Gasteiger partial charge on any atom is -0.401 e. The molecular weight excluding hydrogens is 426 g/mol. The number of hydrogen-bond acceptors (Lipinski definition) is 4. The number of carbonyl (C=O) groups excluding carboxylic acids is 1. The van der Waals surface area contributed by atoms with Crippen LogP contribution in [0.15, 0.2) is 89.6 Å². The number of halogens is 1. The van der Waals surface area contributed by atoms with Gasteiger partial charge >= 0.3 is 5.97 Å². The third kappa shape index (κ3) is 2.95. The molecule has 4 aromatic carbocycles. The molecule has 0 N–H and O–H groups in total. The largest absolute Gasteiger partial charge is 0.401 e. The Bertz CT molecular complexity index is 1540. The summed E-state index contributed by atoms with van der Waals surface area (Å²) in [4.78, 5) is 17.9. The van der Waals surface area contributed by atoms with Gasteiger partial charge in [-0.3, -0.25) is 0 Å². The van der Waals surface area contributed by atoms with E-state index in [0.29, 0.717) is 9.90 Å². The maximum atomic E-state index is 12.7. The lowest BCUT2D eigenvalue weighted by atomic mass is 9.96. The van der Waals surface area contributed by atoms with Gasteiger partial charge in [-0.1, -0.05) is 78.3 Å². The minimum atomic E-state index is -0.472. The monoisotopic (exact) mass is 439 g/mol. The van der Waals surface area contributed by atoms with Crippen LogP contribution in [0.1, 0.15) is 10.4 Å². The van der Waals surface area contributed by atoms with Crippen LogP contribution in [0.3, 0.4) is 0 Å². The SMILES string of the molecule is O=C1OC(c2sc3ccccc3c2Cl)=N/C1=C\c1c2ccccc2cc2ccccc12. The topological polar surface area (TPSA) is 38.7 Å². The second-order valence-corrected chi connectivity index (χ2v) is 8.74. The highest BCUT2D eigenvalue weighted by atomic mass is 35.5. The Hall–Kier alpha value is -3.47. The lowest BCUT2D eigenvalue weighted by Crippen LogP contribution is -2.04. The third-order valence-corrected chi connectivity index (χ3v) is 7.11. The summed E-state index contributed by atoms with van der Waals surface area (Å²) in [5.41, 5.74) is 1.22. The zero-order valence-corrected chi connectivity index (χ0v) is 17.7. The maximum absolute atomic E-state index is 12.7. The van der Waals surface area contributed by atoms with Crippen LogP contribution in [0.25, 0.3) is 37.7 Å². The second-order valence-electron chi connectivity index (χ2n) is 7.31. The normalized spacial score (nSPS) is 15.2. The van der Waals surface area contributed by atoms with E-state index in [1.54, 1.807) is 0 Å². The van der Waals surface area contributed by atoms with Gasteiger partial charge in [-0.2, -0.15) is 0 Å². The molecule has 0 saturated carbocycles. The molecule has 6 rings (SSSR count). The standard InChI is InChI=1S/C26H14ClNO2S/c27-23-19-11-5-6-12-22(19)31-24(23)25-28-21(26(29)30-25)14-20-17-9-3-1-7-15(17)13-16-8-2-4-10-18(16)20/h1-14H/b21-14-.